The third-order valence-electron chi connectivity index (χ3n) is 12.9. The number of hydrogen-bond acceptors (Lipinski definition) is 3. The second-order valence-corrected chi connectivity index (χ2v) is 15.5. The van der Waals surface area contributed by atoms with Crippen molar-refractivity contribution in [2.24, 2.45) is 52.3 Å². The molecule has 0 aliphatic heterocycles. The lowest BCUT2D eigenvalue weighted by Crippen LogP contribution is -2.60. The Balaban J connectivity index is 1.37. The zero-order chi connectivity index (χ0) is 30.7. The highest BCUT2D eigenvalue weighted by molar-refractivity contribution is 5.58. The van der Waals surface area contributed by atoms with Crippen molar-refractivity contribution in [2.75, 3.05) is 11.5 Å². The van der Waals surface area contributed by atoms with E-state index in [1.165, 1.54) is 38.2 Å². The smallest absolute Gasteiger partial charge is 0.399 e. The molecule has 1 aromatic rings. The van der Waals surface area contributed by atoms with E-state index in [0.29, 0.717) is 30.1 Å². The number of alkyl halides is 4. The molecule has 4 fully saturated rings. The molecule has 2 unspecified atom stereocenters. The van der Waals surface area contributed by atoms with Gasteiger partial charge in [-0.15, -0.1) is 0 Å². The summed E-state index contributed by atoms with van der Waals surface area (Å²) < 4.78 is 67.5. The van der Waals surface area contributed by atoms with Crippen LogP contribution in [-0.4, -0.2) is 12.2 Å². The number of hydrogen-bond donors (Lipinski definition) is 2. The van der Waals surface area contributed by atoms with Gasteiger partial charge in [-0.2, -0.15) is 17.6 Å². The van der Waals surface area contributed by atoms with Gasteiger partial charge < -0.3 is 16.2 Å². The molecule has 0 heterocycles. The fraction of sp³-hybridized carbons (Fsp3) is 0.829. The highest BCUT2D eigenvalue weighted by Crippen LogP contribution is 2.69. The summed E-state index contributed by atoms with van der Waals surface area (Å²) in [7, 11) is 0. The minimum atomic E-state index is -4.69. The first-order valence-corrected chi connectivity index (χ1v) is 16.7. The number of ether oxygens (including phenoxy) is 1. The molecule has 4 N–H and O–H groups in total. The molecule has 0 spiro atoms. The lowest BCUT2D eigenvalue weighted by atomic mass is 9.44. The number of benzene rings is 1. The summed E-state index contributed by atoms with van der Waals surface area (Å²) in [6, 6.07) is 3.17. The van der Waals surface area contributed by atoms with Crippen LogP contribution in [0.2, 0.25) is 0 Å². The van der Waals surface area contributed by atoms with E-state index in [0.717, 1.165) is 56.6 Å². The first-order chi connectivity index (χ1) is 19.6. The van der Waals surface area contributed by atoms with Crippen molar-refractivity contribution in [2.45, 2.75) is 130 Å². The molecule has 4 aliphatic carbocycles. The maximum Gasteiger partial charge on any atom is 0.424 e. The van der Waals surface area contributed by atoms with Crippen LogP contribution in [0.4, 0.5) is 28.9 Å². The van der Waals surface area contributed by atoms with E-state index in [1.807, 2.05) is 0 Å². The van der Waals surface area contributed by atoms with Crippen LogP contribution in [0.3, 0.4) is 0 Å². The van der Waals surface area contributed by atoms with Gasteiger partial charge in [-0.1, -0.05) is 60.3 Å². The van der Waals surface area contributed by atoms with Gasteiger partial charge in [0, 0.05) is 11.4 Å². The summed E-state index contributed by atoms with van der Waals surface area (Å²) in [6.45, 7) is 11.7. The Kier molecular flexibility index (Phi) is 8.70. The van der Waals surface area contributed by atoms with E-state index in [1.54, 1.807) is 0 Å². The van der Waals surface area contributed by atoms with E-state index >= 15 is 17.6 Å². The zero-order valence-electron chi connectivity index (χ0n) is 26.4. The van der Waals surface area contributed by atoms with E-state index < -0.39 is 34.8 Å². The molecule has 4 aliphatic rings. The van der Waals surface area contributed by atoms with Gasteiger partial charge in [0.15, 0.2) is 0 Å². The minimum absolute atomic E-state index is 0.149. The Bertz CT molecular complexity index is 1110. The monoisotopic (exact) mass is 594 g/mol. The molecule has 0 radical (unpaired) electrons. The van der Waals surface area contributed by atoms with Crippen molar-refractivity contribution < 1.29 is 22.3 Å². The van der Waals surface area contributed by atoms with Crippen LogP contribution in [-0.2, 0) is 10.7 Å². The van der Waals surface area contributed by atoms with Gasteiger partial charge in [0.2, 0.25) is 0 Å². The maximum absolute atomic E-state index is 15.6. The molecule has 1 aromatic carbocycles. The molecule has 42 heavy (non-hydrogen) atoms. The van der Waals surface area contributed by atoms with Crippen LogP contribution in [0, 0.1) is 52.3 Å². The van der Waals surface area contributed by atoms with Gasteiger partial charge in [0.25, 0.3) is 0 Å². The molecule has 7 heteroatoms. The van der Waals surface area contributed by atoms with Gasteiger partial charge in [-0.05, 0) is 122 Å². The van der Waals surface area contributed by atoms with Crippen molar-refractivity contribution in [3.63, 3.8) is 0 Å². The van der Waals surface area contributed by atoms with Crippen molar-refractivity contribution in [3.05, 3.63) is 23.8 Å². The number of fused-ring (bicyclic) bond motifs is 5. The summed E-state index contributed by atoms with van der Waals surface area (Å²) in [5.74, 6) is -0.979. The summed E-state index contributed by atoms with van der Waals surface area (Å²) >= 11 is 0. The van der Waals surface area contributed by atoms with E-state index in [2.05, 4.69) is 34.6 Å². The summed E-state index contributed by atoms with van der Waals surface area (Å²) in [6.07, 6.45) is 6.93. The highest BCUT2D eigenvalue weighted by atomic mass is 19.3. The predicted molar refractivity (Wildman–Crippen MR) is 162 cm³/mol. The number of rotatable bonds is 9. The topological polar surface area (TPSA) is 61.3 Å². The Hall–Kier alpha value is -1.50. The maximum atomic E-state index is 15.6. The molecule has 9 atom stereocenters. The number of anilines is 2. The fourth-order valence-corrected chi connectivity index (χ4v) is 10.8. The number of halogens is 4. The first kappa shape index (κ1) is 31.9. The van der Waals surface area contributed by atoms with Crippen molar-refractivity contribution >= 4 is 11.4 Å². The lowest BCUT2D eigenvalue weighted by Gasteiger charge is -2.62. The average Bonchev–Trinajstić information content (AvgIpc) is 3.26. The largest absolute Gasteiger partial charge is 0.424 e. The number of nitrogen functional groups attached to an aromatic ring is 2. The van der Waals surface area contributed by atoms with Crippen LogP contribution in [0.5, 0.6) is 0 Å². The molecule has 0 saturated heterocycles. The quantitative estimate of drug-likeness (QED) is 0.221. The zero-order valence-corrected chi connectivity index (χ0v) is 26.4. The standard InChI is InChI=1S/C35H54F4N2O/c1-21(2)8-6-9-22(3)26-16-17-27-25-14-12-23-10-7-11-31(33(23,5)28(25)18-19-32(26,27)4)42-35(38,39)34(36,37)29-15-13-24(40)20-30(29)41/h13,15,20-23,25-28,31H,6-12,14,16-19,40-41H2,1-5H3/t22-,23?,25+,26-,27+,28+,31?,32-,33+/m1/s1. The molecule has 0 amide bonds. The molecule has 0 bridgehead atoms. The molecule has 4 saturated carbocycles. The Morgan fingerprint density at radius 2 is 1.64 bits per heavy atom. The highest BCUT2D eigenvalue weighted by Gasteiger charge is 2.66. The Labute approximate surface area is 250 Å². The minimum Gasteiger partial charge on any atom is -0.399 e. The first-order valence-electron chi connectivity index (χ1n) is 16.7. The van der Waals surface area contributed by atoms with Crippen LogP contribution in [0.25, 0.3) is 0 Å². The predicted octanol–water partition coefficient (Wildman–Crippen LogP) is 10.0. The third kappa shape index (κ3) is 5.26. The van der Waals surface area contributed by atoms with E-state index in [-0.39, 0.29) is 22.9 Å². The van der Waals surface area contributed by atoms with Gasteiger partial charge in [-0.25, -0.2) is 0 Å². The van der Waals surface area contributed by atoms with Gasteiger partial charge in [0.05, 0.1) is 11.7 Å². The lowest BCUT2D eigenvalue weighted by molar-refractivity contribution is -0.387. The van der Waals surface area contributed by atoms with E-state index in [4.69, 9.17) is 16.2 Å². The second kappa shape index (κ2) is 11.5. The van der Waals surface area contributed by atoms with Crippen molar-refractivity contribution in [1.29, 1.82) is 0 Å². The van der Waals surface area contributed by atoms with Crippen LogP contribution < -0.4 is 11.5 Å². The average molecular weight is 595 g/mol. The number of nitrogens with two attached hydrogens (primary N) is 2. The second-order valence-electron chi connectivity index (χ2n) is 15.5. The summed E-state index contributed by atoms with van der Waals surface area (Å²) in [5, 5.41) is 0. The molecule has 3 nitrogen and oxygen atoms in total. The Morgan fingerprint density at radius 3 is 2.33 bits per heavy atom. The molecular weight excluding hydrogens is 540 g/mol. The SMILES string of the molecule is CC(C)CCC[C@@H](C)[C@H]1CC[C@H]2[C@@H]3CCC4CCCC(OC(F)(F)C(F)(F)c5ccc(N)cc5N)[C@]4(C)[C@H]3CC[C@]12C. The van der Waals surface area contributed by atoms with Crippen molar-refractivity contribution in [1.82, 2.24) is 0 Å². The van der Waals surface area contributed by atoms with Crippen LogP contribution in [0.1, 0.15) is 117 Å². The molecule has 238 valence electrons. The van der Waals surface area contributed by atoms with Crippen molar-refractivity contribution in [3.8, 4) is 0 Å². The molecule has 0 aromatic heterocycles. The van der Waals surface area contributed by atoms with Gasteiger partial charge in [0.1, 0.15) is 0 Å². The van der Waals surface area contributed by atoms with Crippen LogP contribution >= 0.6 is 0 Å². The summed E-state index contributed by atoms with van der Waals surface area (Å²) in [4.78, 5) is 0. The Morgan fingerprint density at radius 1 is 0.905 bits per heavy atom. The molecule has 5 rings (SSSR count). The van der Waals surface area contributed by atoms with E-state index in [9.17, 15) is 0 Å². The fourth-order valence-electron chi connectivity index (χ4n) is 10.8. The normalized spacial score (nSPS) is 37.7. The third-order valence-corrected chi connectivity index (χ3v) is 12.9. The summed E-state index contributed by atoms with van der Waals surface area (Å²) in [5.41, 5.74) is 9.87. The van der Waals surface area contributed by atoms with Gasteiger partial charge in [-0.3, -0.25) is 0 Å². The van der Waals surface area contributed by atoms with Gasteiger partial charge >= 0.3 is 12.0 Å². The molecular formula is C35H54F4N2O. The van der Waals surface area contributed by atoms with Crippen LogP contribution in [0.15, 0.2) is 18.2 Å².